The summed E-state index contributed by atoms with van der Waals surface area (Å²) in [5.41, 5.74) is 2.18. The van der Waals surface area contributed by atoms with Crippen molar-refractivity contribution in [2.24, 2.45) is 0 Å². The lowest BCUT2D eigenvalue weighted by molar-refractivity contribution is 0.0178. The molecule has 6 heteroatoms. The summed E-state index contributed by atoms with van der Waals surface area (Å²) < 4.78 is 11.1. The molecule has 0 saturated carbocycles. The minimum absolute atomic E-state index is 0.175. The van der Waals surface area contributed by atoms with Gasteiger partial charge in [0.1, 0.15) is 18.3 Å². The third kappa shape index (κ3) is 2.49. The molecule has 1 aromatic heterocycles. The summed E-state index contributed by atoms with van der Waals surface area (Å²) in [6.07, 6.45) is -1.26. The van der Waals surface area contributed by atoms with Gasteiger partial charge in [0.15, 0.2) is 0 Å². The Balaban J connectivity index is 1.61. The SMILES string of the molecule is Cc1cc(C(=O)N[C@@H]2CO[C@H]3[C@@H]2OC[C@H]3O)c2ccccc2n1. The summed E-state index contributed by atoms with van der Waals surface area (Å²) in [7, 11) is 0. The quantitative estimate of drug-likeness (QED) is 0.857. The molecule has 23 heavy (non-hydrogen) atoms. The molecule has 2 aromatic rings. The number of ether oxygens (including phenoxy) is 2. The molecule has 0 unspecified atom stereocenters. The predicted octanol–water partition coefficient (Wildman–Crippen LogP) is 0.800. The van der Waals surface area contributed by atoms with Crippen LogP contribution in [0.4, 0.5) is 0 Å². The minimum atomic E-state index is -0.620. The predicted molar refractivity (Wildman–Crippen MR) is 83.2 cm³/mol. The number of aromatic nitrogens is 1. The molecule has 3 heterocycles. The lowest BCUT2D eigenvalue weighted by atomic mass is 10.0. The number of pyridine rings is 1. The lowest BCUT2D eigenvalue weighted by Gasteiger charge is -2.18. The number of aryl methyl sites for hydroxylation is 1. The monoisotopic (exact) mass is 314 g/mol. The molecule has 2 saturated heterocycles. The number of nitrogens with zero attached hydrogens (tertiary/aromatic N) is 1. The van der Waals surface area contributed by atoms with Crippen LogP contribution in [0.3, 0.4) is 0 Å². The van der Waals surface area contributed by atoms with Crippen molar-refractivity contribution in [1.82, 2.24) is 10.3 Å². The van der Waals surface area contributed by atoms with Crippen LogP contribution in [0, 0.1) is 6.92 Å². The van der Waals surface area contributed by atoms with Crippen LogP contribution in [-0.4, -0.2) is 53.6 Å². The average Bonchev–Trinajstić information content (AvgIpc) is 3.10. The zero-order chi connectivity index (χ0) is 16.0. The molecule has 6 nitrogen and oxygen atoms in total. The summed E-state index contributed by atoms with van der Waals surface area (Å²) in [6, 6.07) is 9.11. The van der Waals surface area contributed by atoms with Gasteiger partial charge in [-0.05, 0) is 19.1 Å². The molecule has 2 N–H and O–H groups in total. The third-order valence-corrected chi connectivity index (χ3v) is 4.43. The van der Waals surface area contributed by atoms with Crippen molar-refractivity contribution in [3.8, 4) is 0 Å². The topological polar surface area (TPSA) is 80.7 Å². The van der Waals surface area contributed by atoms with E-state index in [4.69, 9.17) is 9.47 Å². The van der Waals surface area contributed by atoms with Gasteiger partial charge in [0.05, 0.1) is 30.3 Å². The zero-order valence-corrected chi connectivity index (χ0v) is 12.7. The Hall–Kier alpha value is -2.02. The summed E-state index contributed by atoms with van der Waals surface area (Å²) in [6.45, 7) is 2.47. The second-order valence-electron chi connectivity index (χ2n) is 6.07. The Labute approximate surface area is 133 Å². The van der Waals surface area contributed by atoms with Crippen LogP contribution in [0.2, 0.25) is 0 Å². The van der Waals surface area contributed by atoms with Crippen molar-refractivity contribution in [1.29, 1.82) is 0 Å². The maximum atomic E-state index is 12.7. The highest BCUT2D eigenvalue weighted by Gasteiger charge is 2.47. The first-order valence-corrected chi connectivity index (χ1v) is 7.72. The lowest BCUT2D eigenvalue weighted by Crippen LogP contribution is -2.44. The molecule has 0 spiro atoms. The molecule has 0 radical (unpaired) electrons. The Morgan fingerprint density at radius 3 is 2.91 bits per heavy atom. The normalized spacial score (nSPS) is 29.7. The second kappa shape index (κ2) is 5.56. The Bertz CT molecular complexity index is 763. The Morgan fingerprint density at radius 2 is 2.04 bits per heavy atom. The number of aliphatic hydroxyl groups is 1. The fraction of sp³-hybridized carbons (Fsp3) is 0.412. The van der Waals surface area contributed by atoms with Gasteiger partial charge in [-0.25, -0.2) is 0 Å². The van der Waals surface area contributed by atoms with Crippen molar-refractivity contribution < 1.29 is 19.4 Å². The average molecular weight is 314 g/mol. The largest absolute Gasteiger partial charge is 0.388 e. The van der Waals surface area contributed by atoms with Gasteiger partial charge in [-0.1, -0.05) is 18.2 Å². The number of amides is 1. The van der Waals surface area contributed by atoms with Crippen LogP contribution < -0.4 is 5.32 Å². The number of nitrogens with one attached hydrogen (secondary N) is 1. The van der Waals surface area contributed by atoms with Gasteiger partial charge in [-0.15, -0.1) is 0 Å². The van der Waals surface area contributed by atoms with Crippen molar-refractivity contribution >= 4 is 16.8 Å². The van der Waals surface area contributed by atoms with Gasteiger partial charge in [-0.3, -0.25) is 9.78 Å². The first-order chi connectivity index (χ1) is 11.1. The van der Waals surface area contributed by atoms with E-state index in [1.165, 1.54) is 0 Å². The molecule has 1 aromatic carbocycles. The van der Waals surface area contributed by atoms with Crippen LogP contribution in [0.5, 0.6) is 0 Å². The van der Waals surface area contributed by atoms with E-state index in [-0.39, 0.29) is 30.8 Å². The van der Waals surface area contributed by atoms with Gasteiger partial charge >= 0.3 is 0 Å². The second-order valence-corrected chi connectivity index (χ2v) is 6.07. The van der Waals surface area contributed by atoms with E-state index in [9.17, 15) is 9.90 Å². The van der Waals surface area contributed by atoms with Crippen molar-refractivity contribution in [3.05, 3.63) is 41.6 Å². The van der Waals surface area contributed by atoms with Gasteiger partial charge in [0.2, 0.25) is 0 Å². The highest BCUT2D eigenvalue weighted by molar-refractivity contribution is 6.06. The Morgan fingerprint density at radius 1 is 1.26 bits per heavy atom. The van der Waals surface area contributed by atoms with Crippen LogP contribution in [0.1, 0.15) is 16.1 Å². The molecule has 2 aliphatic rings. The van der Waals surface area contributed by atoms with E-state index in [1.807, 2.05) is 31.2 Å². The molecule has 1 amide bonds. The summed E-state index contributed by atoms with van der Waals surface area (Å²) in [5.74, 6) is -0.175. The number of aliphatic hydroxyl groups excluding tert-OH is 1. The van der Waals surface area contributed by atoms with E-state index in [2.05, 4.69) is 10.3 Å². The van der Waals surface area contributed by atoms with E-state index < -0.39 is 6.10 Å². The molecule has 0 aliphatic carbocycles. The number of carbonyl (C=O) groups excluding carboxylic acids is 1. The number of para-hydroxylation sites is 1. The molecule has 0 bridgehead atoms. The number of hydrogen-bond acceptors (Lipinski definition) is 5. The number of rotatable bonds is 2. The highest BCUT2D eigenvalue weighted by atomic mass is 16.6. The highest BCUT2D eigenvalue weighted by Crippen LogP contribution is 2.27. The number of carbonyl (C=O) groups is 1. The van der Waals surface area contributed by atoms with E-state index in [0.717, 1.165) is 16.6 Å². The molecule has 2 aliphatic heterocycles. The standard InChI is InChI=1S/C17H18N2O4/c1-9-6-11(10-4-2-3-5-12(10)18-9)17(21)19-13-7-22-16-14(20)8-23-15(13)16/h2-6,13-16,20H,7-8H2,1H3,(H,19,21)/t13-,14-,15-,16-/m1/s1. The Kier molecular flexibility index (Phi) is 3.52. The molecule has 120 valence electrons. The smallest absolute Gasteiger partial charge is 0.252 e. The first-order valence-electron chi connectivity index (χ1n) is 7.72. The van der Waals surface area contributed by atoms with Gasteiger partial charge < -0.3 is 19.9 Å². The minimum Gasteiger partial charge on any atom is -0.388 e. The van der Waals surface area contributed by atoms with E-state index in [1.54, 1.807) is 6.07 Å². The summed E-state index contributed by atoms with van der Waals surface area (Å²) in [5, 5.41) is 13.6. The number of hydrogen-bond donors (Lipinski definition) is 2. The van der Waals surface area contributed by atoms with Crippen LogP contribution in [0.25, 0.3) is 10.9 Å². The third-order valence-electron chi connectivity index (χ3n) is 4.43. The molecular weight excluding hydrogens is 296 g/mol. The molecule has 2 fully saturated rings. The van der Waals surface area contributed by atoms with Gasteiger partial charge in [-0.2, -0.15) is 0 Å². The summed E-state index contributed by atoms with van der Waals surface area (Å²) in [4.78, 5) is 17.2. The van der Waals surface area contributed by atoms with Crippen molar-refractivity contribution in [3.63, 3.8) is 0 Å². The molecular formula is C17H18N2O4. The maximum Gasteiger partial charge on any atom is 0.252 e. The fourth-order valence-electron chi connectivity index (χ4n) is 3.34. The van der Waals surface area contributed by atoms with Crippen molar-refractivity contribution in [2.75, 3.05) is 13.2 Å². The van der Waals surface area contributed by atoms with Gasteiger partial charge in [0.25, 0.3) is 5.91 Å². The molecule has 4 rings (SSSR count). The van der Waals surface area contributed by atoms with E-state index >= 15 is 0 Å². The molecule has 4 atom stereocenters. The first kappa shape index (κ1) is 14.6. The fourth-order valence-corrected chi connectivity index (χ4v) is 3.34. The van der Waals surface area contributed by atoms with Crippen LogP contribution in [-0.2, 0) is 9.47 Å². The maximum absolute atomic E-state index is 12.7. The number of benzene rings is 1. The number of fused-ring (bicyclic) bond motifs is 2. The van der Waals surface area contributed by atoms with E-state index in [0.29, 0.717) is 12.2 Å². The van der Waals surface area contributed by atoms with Gasteiger partial charge in [0, 0.05) is 11.1 Å². The van der Waals surface area contributed by atoms with Crippen LogP contribution >= 0.6 is 0 Å². The zero-order valence-electron chi connectivity index (χ0n) is 12.7. The summed E-state index contributed by atoms with van der Waals surface area (Å²) >= 11 is 0. The van der Waals surface area contributed by atoms with Crippen molar-refractivity contribution in [2.45, 2.75) is 31.3 Å². The van der Waals surface area contributed by atoms with Crippen LogP contribution in [0.15, 0.2) is 30.3 Å².